The summed E-state index contributed by atoms with van der Waals surface area (Å²) in [7, 11) is 0. The van der Waals surface area contributed by atoms with Crippen LogP contribution in [-0.2, 0) is 6.54 Å². The van der Waals surface area contributed by atoms with E-state index in [0.29, 0.717) is 10.6 Å². The normalized spacial score (nSPS) is 10.5. The fraction of sp³-hybridized carbons (Fsp3) is 0.0526. The van der Waals surface area contributed by atoms with Crippen molar-refractivity contribution in [1.29, 1.82) is 0 Å². The molecule has 120 valence electrons. The molecular weight excluding hydrogens is 304 g/mol. The minimum absolute atomic E-state index is 0.0672. The van der Waals surface area contributed by atoms with Crippen molar-refractivity contribution in [3.63, 3.8) is 0 Å². The number of hydrogen-bond donors (Lipinski definition) is 2. The number of primary amides is 1. The third kappa shape index (κ3) is 3.11. The molecule has 0 aliphatic rings. The number of hydroxylamine groups is 2. The van der Waals surface area contributed by atoms with Crippen LogP contribution in [-0.4, -0.2) is 22.1 Å². The van der Waals surface area contributed by atoms with Crippen LogP contribution in [0.15, 0.2) is 66.7 Å². The molecule has 0 aliphatic heterocycles. The van der Waals surface area contributed by atoms with Gasteiger partial charge in [0, 0.05) is 11.1 Å². The zero-order chi connectivity index (χ0) is 17.1. The first-order chi connectivity index (χ1) is 11.6. The molecule has 3 rings (SSSR count). The fourth-order valence-electron chi connectivity index (χ4n) is 2.59. The lowest BCUT2D eigenvalue weighted by Gasteiger charge is -2.16. The highest BCUT2D eigenvalue weighted by molar-refractivity contribution is 5.97. The summed E-state index contributed by atoms with van der Waals surface area (Å²) in [6.07, 6.45) is 0. The van der Waals surface area contributed by atoms with Gasteiger partial charge in [-0.25, -0.2) is 5.06 Å². The molecular formula is C19H16N2O3. The maximum atomic E-state index is 12.3. The van der Waals surface area contributed by atoms with E-state index in [1.54, 1.807) is 0 Å². The van der Waals surface area contributed by atoms with E-state index in [4.69, 9.17) is 5.73 Å². The molecule has 0 aliphatic carbocycles. The molecule has 0 bridgehead atoms. The lowest BCUT2D eigenvalue weighted by Crippen LogP contribution is -2.27. The third-order valence-corrected chi connectivity index (χ3v) is 3.85. The van der Waals surface area contributed by atoms with Crippen molar-refractivity contribution < 1.29 is 14.8 Å². The van der Waals surface area contributed by atoms with Crippen LogP contribution in [0.25, 0.3) is 10.8 Å². The number of hydrogen-bond acceptors (Lipinski definition) is 3. The standard InChI is InChI=1S/C19H16N2O3/c20-18(22)14-8-10-15(11-9-14)19(23)21(24)12-16-6-3-5-13-4-1-2-7-17(13)16/h1-11,24H,12H2,(H2,20,22). The van der Waals surface area contributed by atoms with Crippen LogP contribution in [0.5, 0.6) is 0 Å². The largest absolute Gasteiger partial charge is 0.366 e. The molecule has 2 amide bonds. The molecule has 24 heavy (non-hydrogen) atoms. The molecule has 3 aromatic carbocycles. The molecule has 0 radical (unpaired) electrons. The molecule has 0 aromatic heterocycles. The van der Waals surface area contributed by atoms with Gasteiger partial charge in [-0.15, -0.1) is 0 Å². The lowest BCUT2D eigenvalue weighted by molar-refractivity contribution is -0.0645. The highest BCUT2D eigenvalue weighted by Crippen LogP contribution is 2.20. The van der Waals surface area contributed by atoms with E-state index in [9.17, 15) is 14.8 Å². The fourth-order valence-corrected chi connectivity index (χ4v) is 2.59. The van der Waals surface area contributed by atoms with Crippen molar-refractivity contribution in [3.05, 3.63) is 83.4 Å². The number of rotatable bonds is 4. The van der Waals surface area contributed by atoms with Gasteiger partial charge in [0.2, 0.25) is 5.91 Å². The average Bonchev–Trinajstić information content (AvgIpc) is 2.61. The number of carbonyl (C=O) groups excluding carboxylic acids is 2. The summed E-state index contributed by atoms with van der Waals surface area (Å²) in [5.74, 6) is -1.11. The van der Waals surface area contributed by atoms with Gasteiger partial charge in [0.25, 0.3) is 5.91 Å². The first kappa shape index (κ1) is 15.7. The molecule has 0 saturated carbocycles. The van der Waals surface area contributed by atoms with Gasteiger partial charge in [-0.3, -0.25) is 14.8 Å². The van der Waals surface area contributed by atoms with Crippen LogP contribution in [0, 0.1) is 0 Å². The Balaban J connectivity index is 1.82. The number of nitrogens with zero attached hydrogens (tertiary/aromatic N) is 1. The second-order valence-corrected chi connectivity index (χ2v) is 5.44. The Morgan fingerprint density at radius 3 is 2.21 bits per heavy atom. The summed E-state index contributed by atoms with van der Waals surface area (Å²) in [4.78, 5) is 23.4. The van der Waals surface area contributed by atoms with Crippen molar-refractivity contribution in [1.82, 2.24) is 5.06 Å². The minimum atomic E-state index is -0.564. The van der Waals surface area contributed by atoms with Crippen molar-refractivity contribution in [2.75, 3.05) is 0 Å². The van der Waals surface area contributed by atoms with E-state index in [2.05, 4.69) is 0 Å². The van der Waals surface area contributed by atoms with E-state index in [1.165, 1.54) is 24.3 Å². The quantitative estimate of drug-likeness (QED) is 0.572. The highest BCUT2D eigenvalue weighted by atomic mass is 16.5. The Kier molecular flexibility index (Phi) is 4.26. The van der Waals surface area contributed by atoms with Crippen molar-refractivity contribution >= 4 is 22.6 Å². The number of benzene rings is 3. The lowest BCUT2D eigenvalue weighted by atomic mass is 10.0. The summed E-state index contributed by atoms with van der Waals surface area (Å²) < 4.78 is 0. The smallest absolute Gasteiger partial charge is 0.277 e. The number of carbonyl (C=O) groups is 2. The Bertz CT molecular complexity index is 899. The second kappa shape index (κ2) is 6.52. The first-order valence-electron chi connectivity index (χ1n) is 7.43. The topological polar surface area (TPSA) is 83.6 Å². The van der Waals surface area contributed by atoms with Crippen molar-refractivity contribution in [2.45, 2.75) is 6.54 Å². The molecule has 0 atom stereocenters. The van der Waals surface area contributed by atoms with Crippen LogP contribution in [0.3, 0.4) is 0 Å². The van der Waals surface area contributed by atoms with Crippen LogP contribution in [0.1, 0.15) is 26.3 Å². The van der Waals surface area contributed by atoms with Gasteiger partial charge in [0.1, 0.15) is 0 Å². The summed E-state index contributed by atoms with van der Waals surface area (Å²) in [5.41, 5.74) is 6.61. The van der Waals surface area contributed by atoms with Crippen LogP contribution in [0.4, 0.5) is 0 Å². The van der Waals surface area contributed by atoms with Gasteiger partial charge in [-0.05, 0) is 40.6 Å². The highest BCUT2D eigenvalue weighted by Gasteiger charge is 2.15. The van der Waals surface area contributed by atoms with Gasteiger partial charge in [0.15, 0.2) is 0 Å². The van der Waals surface area contributed by atoms with Gasteiger partial charge in [0.05, 0.1) is 6.54 Å². The molecule has 0 unspecified atom stereocenters. The number of amides is 2. The maximum absolute atomic E-state index is 12.3. The Morgan fingerprint density at radius 2 is 1.50 bits per heavy atom. The monoisotopic (exact) mass is 320 g/mol. The van der Waals surface area contributed by atoms with Crippen LogP contribution < -0.4 is 5.73 Å². The molecule has 0 fully saturated rings. The minimum Gasteiger partial charge on any atom is -0.366 e. The maximum Gasteiger partial charge on any atom is 0.277 e. The molecule has 3 N–H and O–H groups in total. The Labute approximate surface area is 138 Å². The summed E-state index contributed by atoms with van der Waals surface area (Å²) in [6.45, 7) is 0.0672. The van der Waals surface area contributed by atoms with Gasteiger partial charge in [-0.2, -0.15) is 0 Å². The van der Waals surface area contributed by atoms with Crippen molar-refractivity contribution in [3.8, 4) is 0 Å². The zero-order valence-corrected chi connectivity index (χ0v) is 12.8. The molecule has 3 aromatic rings. The average molecular weight is 320 g/mol. The van der Waals surface area contributed by atoms with Gasteiger partial charge >= 0.3 is 0 Å². The summed E-state index contributed by atoms with van der Waals surface area (Å²) in [5, 5.41) is 12.8. The Morgan fingerprint density at radius 1 is 0.875 bits per heavy atom. The first-order valence-corrected chi connectivity index (χ1v) is 7.43. The van der Waals surface area contributed by atoms with Gasteiger partial charge in [-0.1, -0.05) is 42.5 Å². The third-order valence-electron chi connectivity index (χ3n) is 3.85. The molecule has 5 heteroatoms. The summed E-state index contributed by atoms with van der Waals surface area (Å²) >= 11 is 0. The molecule has 0 spiro atoms. The number of fused-ring (bicyclic) bond motifs is 1. The van der Waals surface area contributed by atoms with Crippen molar-refractivity contribution in [2.24, 2.45) is 5.73 Å². The van der Waals surface area contributed by atoms with E-state index in [-0.39, 0.29) is 12.1 Å². The predicted molar refractivity (Wildman–Crippen MR) is 90.6 cm³/mol. The van der Waals surface area contributed by atoms with Gasteiger partial charge < -0.3 is 5.73 Å². The van der Waals surface area contributed by atoms with E-state index in [0.717, 1.165) is 16.3 Å². The molecule has 0 saturated heterocycles. The molecule has 0 heterocycles. The van der Waals surface area contributed by atoms with E-state index < -0.39 is 11.8 Å². The van der Waals surface area contributed by atoms with E-state index in [1.807, 2.05) is 42.5 Å². The SMILES string of the molecule is NC(=O)c1ccc(C(=O)N(O)Cc2cccc3ccccc23)cc1. The van der Waals surface area contributed by atoms with Crippen LogP contribution in [0.2, 0.25) is 0 Å². The zero-order valence-electron chi connectivity index (χ0n) is 12.8. The Hall–Kier alpha value is -3.18. The van der Waals surface area contributed by atoms with E-state index >= 15 is 0 Å². The summed E-state index contributed by atoms with van der Waals surface area (Å²) in [6, 6.07) is 19.4. The predicted octanol–water partition coefficient (Wildman–Crippen LogP) is 2.97. The van der Waals surface area contributed by atoms with Crippen LogP contribution >= 0.6 is 0 Å². The second-order valence-electron chi connectivity index (χ2n) is 5.44. The number of nitrogens with two attached hydrogens (primary N) is 1. The molecule has 5 nitrogen and oxygen atoms in total.